The van der Waals surface area contributed by atoms with Crippen LogP contribution >= 0.6 is 11.3 Å². The Morgan fingerprint density at radius 3 is 2.53 bits per heavy atom. The van der Waals surface area contributed by atoms with Crippen molar-refractivity contribution in [2.75, 3.05) is 63.9 Å². The minimum Gasteiger partial charge on any atom is -0.378 e. The largest absolute Gasteiger partial charge is 0.378 e. The second kappa shape index (κ2) is 9.55. The van der Waals surface area contributed by atoms with Gasteiger partial charge in [-0.25, -0.2) is 0 Å². The molecular formula is C21H26N4O4S. The van der Waals surface area contributed by atoms with E-state index < -0.39 is 4.92 Å². The van der Waals surface area contributed by atoms with Crippen LogP contribution in [-0.4, -0.2) is 79.7 Å². The predicted octanol–water partition coefficient (Wildman–Crippen LogP) is 2.49. The molecule has 1 aromatic heterocycles. The molecule has 2 aliphatic heterocycles. The van der Waals surface area contributed by atoms with Gasteiger partial charge in [-0.3, -0.25) is 19.8 Å². The van der Waals surface area contributed by atoms with Crippen LogP contribution in [0.1, 0.15) is 15.2 Å². The van der Waals surface area contributed by atoms with Crippen LogP contribution in [0.5, 0.6) is 0 Å². The van der Waals surface area contributed by atoms with Crippen molar-refractivity contribution in [1.29, 1.82) is 0 Å². The van der Waals surface area contributed by atoms with Gasteiger partial charge in [0.1, 0.15) is 0 Å². The number of non-ortho nitro benzene ring substituents is 1. The van der Waals surface area contributed by atoms with E-state index in [4.69, 9.17) is 4.74 Å². The Labute approximate surface area is 179 Å². The predicted molar refractivity (Wildman–Crippen MR) is 116 cm³/mol. The number of nitro benzene ring substituents is 1. The number of carbonyl (C=O) groups excluding carboxylic acids is 1. The van der Waals surface area contributed by atoms with Gasteiger partial charge < -0.3 is 14.5 Å². The first-order valence-electron chi connectivity index (χ1n) is 10.3. The van der Waals surface area contributed by atoms with E-state index in [9.17, 15) is 14.9 Å². The molecule has 1 aromatic carbocycles. The molecule has 0 saturated carbocycles. The molecule has 2 aromatic rings. The third kappa shape index (κ3) is 4.80. The fourth-order valence-corrected chi connectivity index (χ4v) is 4.66. The summed E-state index contributed by atoms with van der Waals surface area (Å²) in [6.45, 7) is 6.42. The van der Waals surface area contributed by atoms with Gasteiger partial charge in [0, 0.05) is 62.8 Å². The van der Waals surface area contributed by atoms with Crippen molar-refractivity contribution in [3.63, 3.8) is 0 Å². The van der Waals surface area contributed by atoms with Crippen LogP contribution in [-0.2, 0) is 11.2 Å². The van der Waals surface area contributed by atoms with Crippen LogP contribution in [0.3, 0.4) is 0 Å². The zero-order valence-corrected chi connectivity index (χ0v) is 17.7. The van der Waals surface area contributed by atoms with E-state index >= 15 is 0 Å². The highest BCUT2D eigenvalue weighted by Gasteiger charge is 2.27. The number of carbonyl (C=O) groups is 1. The molecule has 0 bridgehead atoms. The first-order chi connectivity index (χ1) is 14.6. The van der Waals surface area contributed by atoms with Gasteiger partial charge in [-0.15, -0.1) is 11.3 Å². The highest BCUT2D eigenvalue weighted by molar-refractivity contribution is 7.09. The summed E-state index contributed by atoms with van der Waals surface area (Å²) in [4.78, 5) is 31.8. The number of morpholine rings is 1. The van der Waals surface area contributed by atoms with Crippen LogP contribution in [0.2, 0.25) is 0 Å². The van der Waals surface area contributed by atoms with Crippen molar-refractivity contribution in [2.45, 2.75) is 6.42 Å². The van der Waals surface area contributed by atoms with Gasteiger partial charge >= 0.3 is 0 Å². The van der Waals surface area contributed by atoms with Gasteiger partial charge in [0.2, 0.25) is 0 Å². The maximum Gasteiger partial charge on any atom is 0.270 e. The fourth-order valence-electron chi connectivity index (χ4n) is 3.96. The summed E-state index contributed by atoms with van der Waals surface area (Å²) in [7, 11) is 0. The number of rotatable bonds is 6. The summed E-state index contributed by atoms with van der Waals surface area (Å²) < 4.78 is 5.41. The number of hydrogen-bond acceptors (Lipinski definition) is 7. The molecule has 8 nitrogen and oxygen atoms in total. The number of thiophene rings is 1. The first-order valence-corrected chi connectivity index (χ1v) is 11.1. The van der Waals surface area contributed by atoms with Gasteiger partial charge in [0.05, 0.1) is 29.4 Å². The number of anilines is 1. The highest BCUT2D eigenvalue weighted by atomic mass is 32.1. The van der Waals surface area contributed by atoms with Crippen LogP contribution in [0.25, 0.3) is 0 Å². The molecule has 0 radical (unpaired) electrons. The highest BCUT2D eigenvalue weighted by Crippen LogP contribution is 2.28. The molecule has 4 rings (SSSR count). The van der Waals surface area contributed by atoms with Gasteiger partial charge in [-0.1, -0.05) is 6.07 Å². The minimum atomic E-state index is -0.442. The number of piperazine rings is 1. The average molecular weight is 431 g/mol. The Morgan fingerprint density at radius 1 is 1.10 bits per heavy atom. The Balaban J connectivity index is 1.44. The lowest BCUT2D eigenvalue weighted by atomic mass is 10.1. The molecule has 0 aliphatic carbocycles. The van der Waals surface area contributed by atoms with Crippen molar-refractivity contribution in [3.05, 3.63) is 56.3 Å². The lowest BCUT2D eigenvalue weighted by molar-refractivity contribution is -0.384. The third-order valence-corrected chi connectivity index (χ3v) is 6.62. The maximum atomic E-state index is 13.3. The molecular weight excluding hydrogens is 404 g/mol. The Morgan fingerprint density at radius 2 is 1.87 bits per heavy atom. The van der Waals surface area contributed by atoms with Crippen LogP contribution < -0.4 is 4.90 Å². The molecule has 0 spiro atoms. The number of hydrogen-bond donors (Lipinski definition) is 0. The summed E-state index contributed by atoms with van der Waals surface area (Å²) in [5, 5.41) is 13.4. The molecule has 9 heteroatoms. The molecule has 0 unspecified atom stereocenters. The molecule has 3 heterocycles. The summed E-state index contributed by atoms with van der Waals surface area (Å²) in [5.41, 5.74) is 1.12. The van der Waals surface area contributed by atoms with Gasteiger partial charge in [0.15, 0.2) is 0 Å². The Hall–Kier alpha value is -2.49. The standard InChI is InChI=1S/C21H26N4O4S/c26-21(24-9-7-22(8-10-24)6-5-18-2-1-15-30-18)19-16-17(25(27)28)3-4-20(19)23-11-13-29-14-12-23/h1-4,15-16H,5-14H2. The van der Waals surface area contributed by atoms with E-state index in [0.29, 0.717) is 45.0 Å². The smallest absolute Gasteiger partial charge is 0.270 e. The summed E-state index contributed by atoms with van der Waals surface area (Å²) in [6, 6.07) is 8.83. The van der Waals surface area contributed by atoms with Crippen molar-refractivity contribution in [3.8, 4) is 0 Å². The second-order valence-corrected chi connectivity index (χ2v) is 8.55. The van der Waals surface area contributed by atoms with E-state index in [1.165, 1.54) is 17.0 Å². The van der Waals surface area contributed by atoms with Gasteiger partial charge in [0.25, 0.3) is 11.6 Å². The van der Waals surface area contributed by atoms with Gasteiger partial charge in [-0.2, -0.15) is 0 Å². The van der Waals surface area contributed by atoms with Crippen molar-refractivity contribution >= 4 is 28.6 Å². The minimum absolute atomic E-state index is 0.0510. The molecule has 1 amide bonds. The quantitative estimate of drug-likeness (QED) is 0.518. The van der Waals surface area contributed by atoms with Crippen LogP contribution in [0.4, 0.5) is 11.4 Å². The van der Waals surface area contributed by atoms with E-state index in [0.717, 1.165) is 31.7 Å². The Bertz CT molecular complexity index is 875. The second-order valence-electron chi connectivity index (χ2n) is 7.52. The summed E-state index contributed by atoms with van der Waals surface area (Å²) in [6.07, 6.45) is 1.03. The number of benzene rings is 1. The SMILES string of the molecule is O=C(c1cc([N+](=O)[O-])ccc1N1CCOCC1)N1CCN(CCc2cccs2)CC1. The number of nitrogens with zero attached hydrogens (tertiary/aromatic N) is 4. The molecule has 30 heavy (non-hydrogen) atoms. The topological polar surface area (TPSA) is 79.2 Å². The van der Waals surface area contributed by atoms with E-state index in [-0.39, 0.29) is 11.6 Å². The maximum absolute atomic E-state index is 13.3. The fraction of sp³-hybridized carbons (Fsp3) is 0.476. The Kier molecular flexibility index (Phi) is 6.61. The first kappa shape index (κ1) is 20.8. The van der Waals surface area contributed by atoms with Crippen molar-refractivity contribution < 1.29 is 14.5 Å². The molecule has 0 atom stereocenters. The monoisotopic (exact) mass is 430 g/mol. The van der Waals surface area contributed by atoms with E-state index in [1.54, 1.807) is 17.4 Å². The molecule has 0 N–H and O–H groups in total. The average Bonchev–Trinajstić information content (AvgIpc) is 3.31. The molecule has 160 valence electrons. The summed E-state index contributed by atoms with van der Waals surface area (Å²) >= 11 is 1.77. The number of nitro groups is 1. The van der Waals surface area contributed by atoms with Crippen molar-refractivity contribution in [1.82, 2.24) is 9.80 Å². The zero-order chi connectivity index (χ0) is 20.9. The summed E-state index contributed by atoms with van der Waals surface area (Å²) in [5.74, 6) is -0.127. The zero-order valence-electron chi connectivity index (χ0n) is 16.9. The third-order valence-electron chi connectivity index (χ3n) is 5.69. The molecule has 2 saturated heterocycles. The molecule has 2 aliphatic rings. The lowest BCUT2D eigenvalue weighted by Crippen LogP contribution is -2.49. The van der Waals surface area contributed by atoms with Crippen LogP contribution in [0, 0.1) is 10.1 Å². The number of amides is 1. The lowest BCUT2D eigenvalue weighted by Gasteiger charge is -2.36. The number of ether oxygens (including phenoxy) is 1. The molecule has 2 fully saturated rings. The van der Waals surface area contributed by atoms with Crippen LogP contribution in [0.15, 0.2) is 35.7 Å². The van der Waals surface area contributed by atoms with Gasteiger partial charge in [-0.05, 0) is 23.9 Å². The normalized spacial score (nSPS) is 17.9. The van der Waals surface area contributed by atoms with Crippen molar-refractivity contribution in [2.24, 2.45) is 0 Å². The van der Waals surface area contributed by atoms with E-state index in [1.807, 2.05) is 4.90 Å². The van der Waals surface area contributed by atoms with E-state index in [2.05, 4.69) is 27.3 Å².